The van der Waals surface area contributed by atoms with Gasteiger partial charge in [-0.3, -0.25) is 5.32 Å². The van der Waals surface area contributed by atoms with E-state index < -0.39 is 24.3 Å². The summed E-state index contributed by atoms with van der Waals surface area (Å²) in [6, 6.07) is 11.9. The number of aromatic hydroxyl groups is 1. The number of carbonyl (C=O) groups is 2. The molecule has 0 saturated heterocycles. The summed E-state index contributed by atoms with van der Waals surface area (Å²) in [6.45, 7) is 1.97. The van der Waals surface area contributed by atoms with E-state index in [2.05, 4.69) is 21.2 Å². The number of carbonyl (C=O) groups excluding carboxylic acids is 1. The average Bonchev–Trinajstić information content (AvgIpc) is 2.72. The summed E-state index contributed by atoms with van der Waals surface area (Å²) in [5.41, 5.74) is 0.801. The summed E-state index contributed by atoms with van der Waals surface area (Å²) in [7, 11) is 0. The Morgan fingerprint density at radius 3 is 2.53 bits per heavy atom. The molecule has 0 aliphatic carbocycles. The molecule has 30 heavy (non-hydrogen) atoms. The van der Waals surface area contributed by atoms with E-state index >= 15 is 0 Å². The van der Waals surface area contributed by atoms with Crippen molar-refractivity contribution in [2.75, 3.05) is 18.2 Å². The van der Waals surface area contributed by atoms with Crippen molar-refractivity contribution in [2.45, 2.75) is 24.0 Å². The van der Waals surface area contributed by atoms with Gasteiger partial charge in [-0.25, -0.2) is 9.59 Å². The molecule has 2 aromatic rings. The van der Waals surface area contributed by atoms with Crippen LogP contribution in [0.5, 0.6) is 5.75 Å². The molecule has 0 aliphatic rings. The molecule has 0 aliphatic heterocycles. The van der Waals surface area contributed by atoms with Crippen molar-refractivity contribution < 1.29 is 29.3 Å². The van der Waals surface area contributed by atoms with Gasteiger partial charge in [0, 0.05) is 33.3 Å². The summed E-state index contributed by atoms with van der Waals surface area (Å²) in [5, 5.41) is 21.9. The maximum absolute atomic E-state index is 12.6. The van der Waals surface area contributed by atoms with Gasteiger partial charge in [-0.15, -0.1) is 11.8 Å². The molecule has 160 valence electrons. The number of benzene rings is 2. The molecule has 2 atom stereocenters. The molecule has 1 amide bonds. The number of phenols is 1. The number of phenolic OH excluding ortho intramolecular Hbond substituents is 1. The first-order chi connectivity index (χ1) is 14.3. The number of carboxylic acids is 1. The van der Waals surface area contributed by atoms with Crippen molar-refractivity contribution in [2.24, 2.45) is 0 Å². The SMILES string of the molecule is CCO[C@H](/C=C/C(=O)O)[C@H](OC(=O)Nc1ccc(SC)cc1)c1cc(Br)ccc1O. The predicted molar refractivity (Wildman–Crippen MR) is 119 cm³/mol. The Hall–Kier alpha value is -2.49. The number of hydrogen-bond acceptors (Lipinski definition) is 6. The number of carboxylic acid groups (broad SMARTS) is 1. The highest BCUT2D eigenvalue weighted by Crippen LogP contribution is 2.34. The lowest BCUT2D eigenvalue weighted by atomic mass is 10.0. The monoisotopic (exact) mass is 495 g/mol. The highest BCUT2D eigenvalue weighted by atomic mass is 79.9. The number of amides is 1. The molecule has 7 nitrogen and oxygen atoms in total. The van der Waals surface area contributed by atoms with Crippen molar-refractivity contribution in [3.63, 3.8) is 0 Å². The minimum absolute atomic E-state index is 0.117. The Labute approximate surface area is 187 Å². The van der Waals surface area contributed by atoms with Crippen LogP contribution in [0.3, 0.4) is 0 Å². The molecular formula is C21H22BrNO6S. The minimum Gasteiger partial charge on any atom is -0.508 e. The van der Waals surface area contributed by atoms with Crippen LogP contribution in [0.1, 0.15) is 18.6 Å². The topological polar surface area (TPSA) is 105 Å². The van der Waals surface area contributed by atoms with Crippen LogP contribution < -0.4 is 5.32 Å². The van der Waals surface area contributed by atoms with Crippen LogP contribution in [0, 0.1) is 0 Å². The maximum atomic E-state index is 12.6. The molecule has 0 aromatic heterocycles. The molecule has 0 heterocycles. The zero-order valence-corrected chi connectivity index (χ0v) is 18.8. The maximum Gasteiger partial charge on any atom is 0.412 e. The molecule has 0 spiro atoms. The van der Waals surface area contributed by atoms with E-state index in [0.717, 1.165) is 11.0 Å². The van der Waals surface area contributed by atoms with Crippen molar-refractivity contribution in [3.8, 4) is 5.75 Å². The summed E-state index contributed by atoms with van der Waals surface area (Å²) >= 11 is 4.90. The molecule has 2 rings (SSSR count). The van der Waals surface area contributed by atoms with Crippen LogP contribution in [-0.4, -0.2) is 41.2 Å². The van der Waals surface area contributed by atoms with Crippen molar-refractivity contribution in [1.29, 1.82) is 0 Å². The molecule has 0 saturated carbocycles. The molecule has 9 heteroatoms. The number of ether oxygens (including phenoxy) is 2. The lowest BCUT2D eigenvalue weighted by Crippen LogP contribution is -2.28. The largest absolute Gasteiger partial charge is 0.508 e. The van der Waals surface area contributed by atoms with Crippen molar-refractivity contribution >= 4 is 45.4 Å². The van der Waals surface area contributed by atoms with Gasteiger partial charge in [0.1, 0.15) is 11.9 Å². The molecule has 0 bridgehead atoms. The van der Waals surface area contributed by atoms with E-state index in [1.54, 1.807) is 43.0 Å². The molecular weight excluding hydrogens is 474 g/mol. The number of anilines is 1. The second-order valence-electron chi connectivity index (χ2n) is 6.00. The van der Waals surface area contributed by atoms with E-state index in [0.29, 0.717) is 10.2 Å². The van der Waals surface area contributed by atoms with Gasteiger partial charge in [0.2, 0.25) is 0 Å². The molecule has 3 N–H and O–H groups in total. The zero-order valence-electron chi connectivity index (χ0n) is 16.4. The van der Waals surface area contributed by atoms with Gasteiger partial charge in [-0.05, 0) is 61.7 Å². The van der Waals surface area contributed by atoms with Gasteiger partial charge in [0.05, 0.1) is 0 Å². The highest BCUT2D eigenvalue weighted by Gasteiger charge is 2.29. The van der Waals surface area contributed by atoms with Gasteiger partial charge < -0.3 is 19.7 Å². The van der Waals surface area contributed by atoms with Gasteiger partial charge >= 0.3 is 12.1 Å². The lowest BCUT2D eigenvalue weighted by Gasteiger charge is -2.26. The first kappa shape index (κ1) is 23.8. The van der Waals surface area contributed by atoms with Gasteiger partial charge in [0.25, 0.3) is 0 Å². The number of thioether (sulfide) groups is 1. The number of hydrogen-bond donors (Lipinski definition) is 3. The summed E-state index contributed by atoms with van der Waals surface area (Å²) in [4.78, 5) is 24.6. The minimum atomic E-state index is -1.17. The van der Waals surface area contributed by atoms with E-state index in [9.17, 15) is 14.7 Å². The Kier molecular flexibility index (Phi) is 9.22. The van der Waals surface area contributed by atoms with E-state index in [1.165, 1.54) is 12.1 Å². The quantitative estimate of drug-likeness (QED) is 0.323. The Bertz CT molecular complexity index is 903. The summed E-state index contributed by atoms with van der Waals surface area (Å²) in [6.07, 6.45) is 1.33. The van der Waals surface area contributed by atoms with Gasteiger partial charge in [0.15, 0.2) is 6.10 Å². The van der Waals surface area contributed by atoms with Crippen molar-refractivity contribution in [1.82, 2.24) is 0 Å². The normalized spacial score (nSPS) is 13.0. The van der Waals surface area contributed by atoms with E-state index in [-0.39, 0.29) is 17.9 Å². The number of nitrogens with one attached hydrogen (secondary N) is 1. The first-order valence-corrected chi connectivity index (χ1v) is 11.0. The van der Waals surface area contributed by atoms with Crippen LogP contribution >= 0.6 is 27.7 Å². The lowest BCUT2D eigenvalue weighted by molar-refractivity contribution is -0.131. The van der Waals surface area contributed by atoms with Crippen LogP contribution in [-0.2, 0) is 14.3 Å². The Morgan fingerprint density at radius 2 is 1.93 bits per heavy atom. The summed E-state index contributed by atoms with van der Waals surface area (Å²) in [5.74, 6) is -1.29. The van der Waals surface area contributed by atoms with E-state index in [1.807, 2.05) is 18.4 Å². The van der Waals surface area contributed by atoms with Crippen LogP contribution in [0.15, 0.2) is 64.0 Å². The third-order valence-corrected chi connectivity index (χ3v) is 5.19. The van der Waals surface area contributed by atoms with Crippen LogP contribution in [0.4, 0.5) is 10.5 Å². The molecule has 0 fully saturated rings. The smallest absolute Gasteiger partial charge is 0.412 e. The molecule has 2 aromatic carbocycles. The second kappa shape index (κ2) is 11.6. The van der Waals surface area contributed by atoms with Crippen molar-refractivity contribution in [3.05, 3.63) is 64.7 Å². The van der Waals surface area contributed by atoms with Crippen LogP contribution in [0.25, 0.3) is 0 Å². The fraction of sp³-hybridized carbons (Fsp3) is 0.238. The first-order valence-electron chi connectivity index (χ1n) is 8.96. The highest BCUT2D eigenvalue weighted by molar-refractivity contribution is 9.10. The third kappa shape index (κ3) is 7.08. The third-order valence-electron chi connectivity index (χ3n) is 3.95. The van der Waals surface area contributed by atoms with Gasteiger partial charge in [-0.1, -0.05) is 15.9 Å². The number of halogens is 1. The number of aliphatic carboxylic acids is 1. The fourth-order valence-corrected chi connectivity index (χ4v) is 3.40. The fourth-order valence-electron chi connectivity index (χ4n) is 2.61. The Morgan fingerprint density at radius 1 is 1.23 bits per heavy atom. The second-order valence-corrected chi connectivity index (χ2v) is 7.80. The molecule has 0 unspecified atom stereocenters. The van der Waals surface area contributed by atoms with E-state index in [4.69, 9.17) is 14.6 Å². The predicted octanol–water partition coefficient (Wildman–Crippen LogP) is 5.21. The van der Waals surface area contributed by atoms with Crippen LogP contribution in [0.2, 0.25) is 0 Å². The average molecular weight is 496 g/mol. The summed E-state index contributed by atoms with van der Waals surface area (Å²) < 4.78 is 11.8. The van der Waals surface area contributed by atoms with Gasteiger partial charge in [-0.2, -0.15) is 0 Å². The Balaban J connectivity index is 2.32. The standard InChI is InChI=1S/C21H22BrNO6S/c1-3-28-18(10-11-19(25)26)20(16-12-13(22)4-9-17(16)24)29-21(27)23-14-5-7-15(30-2)8-6-14/h4-12,18,20,24H,3H2,1-2H3,(H,23,27)(H,25,26)/b11-10+/t18-,20-/m1/s1. The zero-order chi connectivity index (χ0) is 22.1. The molecule has 0 radical (unpaired) electrons. The number of rotatable bonds is 9.